The van der Waals surface area contributed by atoms with Crippen molar-refractivity contribution in [2.24, 2.45) is 11.8 Å². The summed E-state index contributed by atoms with van der Waals surface area (Å²) in [7, 11) is 0. The standard InChI is InChI=1S/C14H17NO4/c1-8(14(18)19)10-6-15(7-10)13(17)11-4-3-5-12(16)9(11)2/h3-5,8,10,16H,6-7H2,1-2H3,(H,18,19). The summed E-state index contributed by atoms with van der Waals surface area (Å²) in [6.45, 7) is 4.27. The van der Waals surface area contributed by atoms with Crippen molar-refractivity contribution in [1.29, 1.82) is 0 Å². The Morgan fingerprint density at radius 2 is 2.00 bits per heavy atom. The second kappa shape index (κ2) is 4.91. The molecule has 102 valence electrons. The lowest BCUT2D eigenvalue weighted by Crippen LogP contribution is -2.53. The van der Waals surface area contributed by atoms with Gasteiger partial charge in [0.25, 0.3) is 5.91 Å². The van der Waals surface area contributed by atoms with Gasteiger partial charge in [0.2, 0.25) is 0 Å². The van der Waals surface area contributed by atoms with Gasteiger partial charge in [-0.1, -0.05) is 13.0 Å². The number of carbonyl (C=O) groups excluding carboxylic acids is 1. The minimum Gasteiger partial charge on any atom is -0.508 e. The molecule has 5 nitrogen and oxygen atoms in total. The van der Waals surface area contributed by atoms with E-state index in [9.17, 15) is 14.7 Å². The van der Waals surface area contributed by atoms with Crippen molar-refractivity contribution >= 4 is 11.9 Å². The highest BCUT2D eigenvalue weighted by Gasteiger charge is 2.37. The second-order valence-corrected chi connectivity index (χ2v) is 5.05. The van der Waals surface area contributed by atoms with E-state index in [0.29, 0.717) is 24.2 Å². The molecule has 1 aromatic carbocycles. The van der Waals surface area contributed by atoms with E-state index in [4.69, 9.17) is 5.11 Å². The summed E-state index contributed by atoms with van der Waals surface area (Å²) in [6, 6.07) is 4.84. The summed E-state index contributed by atoms with van der Waals surface area (Å²) in [6.07, 6.45) is 0. The van der Waals surface area contributed by atoms with Crippen LogP contribution in [0.25, 0.3) is 0 Å². The molecule has 0 aliphatic carbocycles. The van der Waals surface area contributed by atoms with Gasteiger partial charge in [0.15, 0.2) is 0 Å². The molecule has 1 amide bonds. The first-order chi connectivity index (χ1) is 8.91. The number of likely N-dealkylation sites (tertiary alicyclic amines) is 1. The van der Waals surface area contributed by atoms with Gasteiger partial charge in [-0.25, -0.2) is 0 Å². The molecule has 1 aromatic rings. The fourth-order valence-electron chi connectivity index (χ4n) is 2.22. The fraction of sp³-hybridized carbons (Fsp3) is 0.429. The maximum Gasteiger partial charge on any atom is 0.306 e. The molecule has 0 radical (unpaired) electrons. The molecular weight excluding hydrogens is 246 g/mol. The lowest BCUT2D eigenvalue weighted by atomic mass is 9.86. The zero-order chi connectivity index (χ0) is 14.2. The molecule has 0 spiro atoms. The highest BCUT2D eigenvalue weighted by molar-refractivity contribution is 5.96. The highest BCUT2D eigenvalue weighted by Crippen LogP contribution is 2.28. The minimum atomic E-state index is -0.828. The van der Waals surface area contributed by atoms with E-state index in [1.807, 2.05) is 0 Å². The third-order valence-corrected chi connectivity index (χ3v) is 3.83. The quantitative estimate of drug-likeness (QED) is 0.866. The van der Waals surface area contributed by atoms with Crippen molar-refractivity contribution in [1.82, 2.24) is 4.90 Å². The van der Waals surface area contributed by atoms with Crippen molar-refractivity contribution in [2.45, 2.75) is 13.8 Å². The number of hydrogen-bond acceptors (Lipinski definition) is 3. The summed E-state index contributed by atoms with van der Waals surface area (Å²) in [5, 5.41) is 18.5. The van der Waals surface area contributed by atoms with Crippen molar-refractivity contribution in [3.8, 4) is 5.75 Å². The number of carbonyl (C=O) groups is 2. The lowest BCUT2D eigenvalue weighted by Gasteiger charge is -2.41. The van der Waals surface area contributed by atoms with Crippen molar-refractivity contribution < 1.29 is 19.8 Å². The average Bonchev–Trinajstić information content (AvgIpc) is 2.30. The maximum atomic E-state index is 12.2. The molecular formula is C14H17NO4. The van der Waals surface area contributed by atoms with Crippen LogP contribution in [0.1, 0.15) is 22.8 Å². The van der Waals surface area contributed by atoms with Crippen molar-refractivity contribution in [2.75, 3.05) is 13.1 Å². The van der Waals surface area contributed by atoms with Gasteiger partial charge in [0.1, 0.15) is 5.75 Å². The van der Waals surface area contributed by atoms with Gasteiger partial charge in [0.05, 0.1) is 5.92 Å². The SMILES string of the molecule is Cc1c(O)cccc1C(=O)N1CC(C(C)C(=O)O)C1. The number of benzene rings is 1. The Hall–Kier alpha value is -2.04. The van der Waals surface area contributed by atoms with E-state index < -0.39 is 11.9 Å². The number of rotatable bonds is 3. The molecule has 1 unspecified atom stereocenters. The first-order valence-corrected chi connectivity index (χ1v) is 6.22. The zero-order valence-electron chi connectivity index (χ0n) is 11.0. The number of amides is 1. The van der Waals surface area contributed by atoms with Crippen LogP contribution in [0.2, 0.25) is 0 Å². The van der Waals surface area contributed by atoms with Gasteiger partial charge in [-0.3, -0.25) is 9.59 Å². The smallest absolute Gasteiger partial charge is 0.306 e. The topological polar surface area (TPSA) is 77.8 Å². The largest absolute Gasteiger partial charge is 0.508 e. The molecule has 5 heteroatoms. The molecule has 2 rings (SSSR count). The van der Waals surface area contributed by atoms with Crippen molar-refractivity contribution in [3.05, 3.63) is 29.3 Å². The summed E-state index contributed by atoms with van der Waals surface area (Å²) >= 11 is 0. The van der Waals surface area contributed by atoms with E-state index in [1.165, 1.54) is 6.07 Å². The maximum absolute atomic E-state index is 12.2. The lowest BCUT2D eigenvalue weighted by molar-refractivity contribution is -0.144. The molecule has 1 atom stereocenters. The molecule has 1 heterocycles. The summed E-state index contributed by atoms with van der Waals surface area (Å²) in [5.74, 6) is -1.30. The molecule has 1 aliphatic heterocycles. The number of nitrogens with zero attached hydrogens (tertiary/aromatic N) is 1. The van der Waals surface area contributed by atoms with Crippen LogP contribution in [0, 0.1) is 18.8 Å². The highest BCUT2D eigenvalue weighted by atomic mass is 16.4. The number of carboxylic acids is 1. The van der Waals surface area contributed by atoms with Crippen LogP contribution >= 0.6 is 0 Å². The minimum absolute atomic E-state index is 0.0130. The molecule has 1 aliphatic rings. The van der Waals surface area contributed by atoms with Gasteiger partial charge in [-0.2, -0.15) is 0 Å². The molecule has 0 bridgehead atoms. The number of aromatic hydroxyl groups is 1. The number of phenols is 1. The summed E-state index contributed by atoms with van der Waals surface area (Å²) < 4.78 is 0. The predicted octanol–water partition coefficient (Wildman–Crippen LogP) is 1.49. The average molecular weight is 263 g/mol. The Balaban J connectivity index is 2.04. The number of aliphatic carboxylic acids is 1. The fourth-order valence-corrected chi connectivity index (χ4v) is 2.22. The van der Waals surface area contributed by atoms with Crippen LogP contribution in [0.3, 0.4) is 0 Å². The normalized spacial score (nSPS) is 16.8. The predicted molar refractivity (Wildman–Crippen MR) is 69.0 cm³/mol. The third kappa shape index (κ3) is 2.41. The van der Waals surface area contributed by atoms with Crippen LogP contribution in [0.5, 0.6) is 5.75 Å². The Kier molecular flexibility index (Phi) is 3.46. The molecule has 1 fully saturated rings. The number of hydrogen-bond donors (Lipinski definition) is 2. The van der Waals surface area contributed by atoms with Crippen LogP contribution in [-0.4, -0.2) is 40.1 Å². The molecule has 0 saturated carbocycles. The summed E-state index contributed by atoms with van der Waals surface area (Å²) in [4.78, 5) is 24.7. The van der Waals surface area contributed by atoms with E-state index in [2.05, 4.69) is 0 Å². The molecule has 19 heavy (non-hydrogen) atoms. The van der Waals surface area contributed by atoms with E-state index in [-0.39, 0.29) is 17.6 Å². The monoisotopic (exact) mass is 263 g/mol. The number of carboxylic acid groups (broad SMARTS) is 1. The Labute approximate surface area is 111 Å². The van der Waals surface area contributed by atoms with Crippen molar-refractivity contribution in [3.63, 3.8) is 0 Å². The van der Waals surface area contributed by atoms with Crippen LogP contribution in [-0.2, 0) is 4.79 Å². The van der Waals surface area contributed by atoms with E-state index >= 15 is 0 Å². The van der Waals surface area contributed by atoms with Crippen LogP contribution in [0.15, 0.2) is 18.2 Å². The Morgan fingerprint density at radius 3 is 2.58 bits per heavy atom. The Bertz CT molecular complexity index is 520. The van der Waals surface area contributed by atoms with E-state index in [1.54, 1.807) is 30.9 Å². The summed E-state index contributed by atoms with van der Waals surface area (Å²) in [5.41, 5.74) is 1.03. The van der Waals surface area contributed by atoms with Gasteiger partial charge >= 0.3 is 5.97 Å². The van der Waals surface area contributed by atoms with Crippen LogP contribution in [0.4, 0.5) is 0 Å². The van der Waals surface area contributed by atoms with Gasteiger partial charge in [0, 0.05) is 30.1 Å². The van der Waals surface area contributed by atoms with Gasteiger partial charge in [-0.05, 0) is 19.1 Å². The first kappa shape index (κ1) is 13.4. The number of phenolic OH excluding ortho intramolecular Hbond substituents is 1. The molecule has 2 N–H and O–H groups in total. The molecule has 1 saturated heterocycles. The van der Waals surface area contributed by atoms with Gasteiger partial charge in [-0.15, -0.1) is 0 Å². The third-order valence-electron chi connectivity index (χ3n) is 3.83. The zero-order valence-corrected chi connectivity index (χ0v) is 11.0. The second-order valence-electron chi connectivity index (χ2n) is 5.05. The Morgan fingerprint density at radius 1 is 1.37 bits per heavy atom. The molecule has 0 aromatic heterocycles. The van der Waals surface area contributed by atoms with Gasteiger partial charge < -0.3 is 15.1 Å². The first-order valence-electron chi connectivity index (χ1n) is 6.22. The van der Waals surface area contributed by atoms with E-state index in [0.717, 1.165) is 0 Å². The van der Waals surface area contributed by atoms with Crippen LogP contribution < -0.4 is 0 Å².